The lowest BCUT2D eigenvalue weighted by Crippen LogP contribution is -2.35. The number of ether oxygens (including phenoxy) is 1. The molecule has 0 saturated carbocycles. The van der Waals surface area contributed by atoms with Crippen molar-refractivity contribution in [3.8, 4) is 0 Å². The fraction of sp³-hybridized carbons (Fsp3) is 1.00. The molecule has 1 heterocycles. The van der Waals surface area contributed by atoms with E-state index in [-0.39, 0.29) is 0 Å². The van der Waals surface area contributed by atoms with Crippen LogP contribution in [0.2, 0.25) is 0 Å². The molecule has 1 aliphatic rings. The van der Waals surface area contributed by atoms with E-state index in [4.69, 9.17) is 4.74 Å². The predicted molar refractivity (Wildman–Crippen MR) is 54.8 cm³/mol. The Morgan fingerprint density at radius 1 is 1.67 bits per heavy atom. The Kier molecular flexibility index (Phi) is 4.40. The molecule has 1 fully saturated rings. The molecule has 1 saturated heterocycles. The minimum Gasteiger partial charge on any atom is -0.372 e. The summed E-state index contributed by atoms with van der Waals surface area (Å²) in [6, 6.07) is 0.726. The molecule has 2 nitrogen and oxygen atoms in total. The van der Waals surface area contributed by atoms with Crippen molar-refractivity contribution in [3.63, 3.8) is 0 Å². The molecule has 0 bridgehead atoms. The fourth-order valence-electron chi connectivity index (χ4n) is 1.39. The fourth-order valence-corrected chi connectivity index (χ4v) is 2.27. The average Bonchev–Trinajstić information content (AvgIpc) is 2.83. The Morgan fingerprint density at radius 3 is 2.75 bits per heavy atom. The molecule has 0 aromatic rings. The molecule has 1 rings (SSSR count). The van der Waals surface area contributed by atoms with Crippen LogP contribution in [0.25, 0.3) is 0 Å². The SMILES string of the molecule is CCC(CSC)N(C)CC1CO1. The van der Waals surface area contributed by atoms with E-state index in [1.165, 1.54) is 12.2 Å². The molecule has 0 spiro atoms. The molecule has 0 aromatic carbocycles. The van der Waals surface area contributed by atoms with E-state index in [0.717, 1.165) is 19.2 Å². The van der Waals surface area contributed by atoms with Crippen molar-refractivity contribution >= 4 is 11.8 Å². The molecule has 0 aromatic heterocycles. The van der Waals surface area contributed by atoms with Gasteiger partial charge in [0, 0.05) is 18.3 Å². The molecule has 3 heteroatoms. The first-order valence-electron chi connectivity index (χ1n) is 4.58. The molecule has 2 unspecified atom stereocenters. The summed E-state index contributed by atoms with van der Waals surface area (Å²) in [5.41, 5.74) is 0. The lowest BCUT2D eigenvalue weighted by Gasteiger charge is -2.25. The lowest BCUT2D eigenvalue weighted by molar-refractivity contribution is 0.228. The average molecular weight is 189 g/mol. The quantitative estimate of drug-likeness (QED) is 0.588. The Balaban J connectivity index is 2.19. The van der Waals surface area contributed by atoms with Crippen molar-refractivity contribution in [3.05, 3.63) is 0 Å². The van der Waals surface area contributed by atoms with Crippen molar-refractivity contribution in [2.24, 2.45) is 0 Å². The summed E-state index contributed by atoms with van der Waals surface area (Å²) in [5.74, 6) is 1.24. The molecule has 0 N–H and O–H groups in total. The van der Waals surface area contributed by atoms with Crippen molar-refractivity contribution in [2.45, 2.75) is 25.5 Å². The highest BCUT2D eigenvalue weighted by atomic mass is 32.2. The minimum atomic E-state index is 0.533. The maximum absolute atomic E-state index is 5.20. The summed E-state index contributed by atoms with van der Waals surface area (Å²) < 4.78 is 5.20. The van der Waals surface area contributed by atoms with Gasteiger partial charge < -0.3 is 4.74 Å². The van der Waals surface area contributed by atoms with Crippen LogP contribution in [0.1, 0.15) is 13.3 Å². The van der Waals surface area contributed by atoms with Gasteiger partial charge in [0.25, 0.3) is 0 Å². The normalized spacial score (nSPS) is 24.5. The monoisotopic (exact) mass is 189 g/mol. The van der Waals surface area contributed by atoms with Crippen LogP contribution < -0.4 is 0 Å². The standard InChI is InChI=1S/C9H19NOS/c1-4-8(7-12-3)10(2)5-9-6-11-9/h8-9H,4-7H2,1-3H3. The summed E-state index contributed by atoms with van der Waals surface area (Å²) in [5, 5.41) is 0. The maximum atomic E-state index is 5.20. The van der Waals surface area contributed by atoms with Gasteiger partial charge in [-0.25, -0.2) is 0 Å². The van der Waals surface area contributed by atoms with E-state index in [1.54, 1.807) is 0 Å². The molecule has 1 aliphatic heterocycles. The van der Waals surface area contributed by atoms with Crippen LogP contribution in [0.15, 0.2) is 0 Å². The number of thioether (sulfide) groups is 1. The number of nitrogens with zero attached hydrogens (tertiary/aromatic N) is 1. The van der Waals surface area contributed by atoms with Gasteiger partial charge in [-0.3, -0.25) is 4.90 Å². The zero-order valence-electron chi connectivity index (χ0n) is 8.25. The summed E-state index contributed by atoms with van der Waals surface area (Å²) in [7, 11) is 2.20. The summed E-state index contributed by atoms with van der Waals surface area (Å²) in [6.07, 6.45) is 3.94. The van der Waals surface area contributed by atoms with Gasteiger partial charge in [0.2, 0.25) is 0 Å². The Bertz CT molecular complexity index is 128. The largest absolute Gasteiger partial charge is 0.372 e. The van der Waals surface area contributed by atoms with Crippen LogP contribution >= 0.6 is 11.8 Å². The van der Waals surface area contributed by atoms with Gasteiger partial charge in [-0.05, 0) is 19.7 Å². The first kappa shape index (κ1) is 10.4. The predicted octanol–water partition coefficient (Wildman–Crippen LogP) is 1.46. The Morgan fingerprint density at radius 2 is 2.33 bits per heavy atom. The van der Waals surface area contributed by atoms with Crippen molar-refractivity contribution in [1.29, 1.82) is 0 Å². The molecular weight excluding hydrogens is 170 g/mol. The van der Waals surface area contributed by atoms with E-state index in [9.17, 15) is 0 Å². The molecular formula is C9H19NOS. The summed E-state index contributed by atoms with van der Waals surface area (Å²) in [6.45, 7) is 4.34. The number of epoxide rings is 1. The van der Waals surface area contributed by atoms with Crippen molar-refractivity contribution in [1.82, 2.24) is 4.90 Å². The minimum absolute atomic E-state index is 0.533. The highest BCUT2D eigenvalue weighted by molar-refractivity contribution is 7.98. The second-order valence-corrected chi connectivity index (χ2v) is 4.32. The van der Waals surface area contributed by atoms with Gasteiger partial charge in [0.05, 0.1) is 12.7 Å². The van der Waals surface area contributed by atoms with Gasteiger partial charge in [0.1, 0.15) is 0 Å². The summed E-state index contributed by atoms with van der Waals surface area (Å²) in [4.78, 5) is 2.42. The van der Waals surface area contributed by atoms with Crippen LogP contribution in [0.3, 0.4) is 0 Å². The number of likely N-dealkylation sites (N-methyl/N-ethyl adjacent to an activating group) is 1. The topological polar surface area (TPSA) is 15.8 Å². The second kappa shape index (κ2) is 5.10. The third-order valence-electron chi connectivity index (χ3n) is 2.35. The van der Waals surface area contributed by atoms with Gasteiger partial charge in [-0.2, -0.15) is 11.8 Å². The first-order valence-corrected chi connectivity index (χ1v) is 5.98. The van der Waals surface area contributed by atoms with E-state index in [0.29, 0.717) is 6.10 Å². The van der Waals surface area contributed by atoms with Crippen molar-refractivity contribution < 1.29 is 4.74 Å². The van der Waals surface area contributed by atoms with Gasteiger partial charge in [-0.1, -0.05) is 6.92 Å². The van der Waals surface area contributed by atoms with E-state index in [2.05, 4.69) is 25.1 Å². The molecule has 12 heavy (non-hydrogen) atoms. The zero-order valence-corrected chi connectivity index (χ0v) is 9.06. The van der Waals surface area contributed by atoms with Crippen LogP contribution in [-0.2, 0) is 4.74 Å². The number of hydrogen-bond acceptors (Lipinski definition) is 3. The van der Waals surface area contributed by atoms with Crippen molar-refractivity contribution in [2.75, 3.05) is 32.2 Å². The Labute approximate surface area is 79.6 Å². The first-order chi connectivity index (χ1) is 5.77. The van der Waals surface area contributed by atoms with Crippen LogP contribution in [0.4, 0.5) is 0 Å². The number of rotatable bonds is 6. The summed E-state index contributed by atoms with van der Waals surface area (Å²) >= 11 is 1.93. The lowest BCUT2D eigenvalue weighted by atomic mass is 10.2. The van der Waals surface area contributed by atoms with Gasteiger partial charge in [-0.15, -0.1) is 0 Å². The van der Waals surface area contributed by atoms with E-state index < -0.39 is 0 Å². The Hall–Kier alpha value is 0.270. The third kappa shape index (κ3) is 3.33. The molecule has 0 radical (unpaired) electrons. The zero-order chi connectivity index (χ0) is 8.97. The van der Waals surface area contributed by atoms with Crippen LogP contribution in [-0.4, -0.2) is 49.3 Å². The molecule has 72 valence electrons. The van der Waals surface area contributed by atoms with Gasteiger partial charge in [0.15, 0.2) is 0 Å². The highest BCUT2D eigenvalue weighted by Gasteiger charge is 2.26. The smallest absolute Gasteiger partial charge is 0.0936 e. The van der Waals surface area contributed by atoms with Gasteiger partial charge >= 0.3 is 0 Å². The molecule has 2 atom stereocenters. The number of hydrogen-bond donors (Lipinski definition) is 0. The van der Waals surface area contributed by atoms with Crippen LogP contribution in [0.5, 0.6) is 0 Å². The highest BCUT2D eigenvalue weighted by Crippen LogP contribution is 2.14. The second-order valence-electron chi connectivity index (χ2n) is 3.41. The van der Waals surface area contributed by atoms with Crippen LogP contribution in [0, 0.1) is 0 Å². The van der Waals surface area contributed by atoms with E-state index >= 15 is 0 Å². The maximum Gasteiger partial charge on any atom is 0.0936 e. The molecule has 0 aliphatic carbocycles. The third-order valence-corrected chi connectivity index (χ3v) is 3.07. The molecule has 0 amide bonds. The van der Waals surface area contributed by atoms with E-state index in [1.807, 2.05) is 11.8 Å².